The van der Waals surface area contributed by atoms with E-state index in [1.54, 1.807) is 6.92 Å². The first-order valence-electron chi connectivity index (χ1n) is 10.8. The van der Waals surface area contributed by atoms with Gasteiger partial charge in [0.05, 0.1) is 23.8 Å². The van der Waals surface area contributed by atoms with Crippen LogP contribution in [0, 0.1) is 0 Å². The molecule has 0 N–H and O–H groups in total. The lowest BCUT2D eigenvalue weighted by Gasteiger charge is -2.19. The highest BCUT2D eigenvalue weighted by molar-refractivity contribution is 5.90. The molecule has 0 heterocycles. The van der Waals surface area contributed by atoms with E-state index < -0.39 is 0 Å². The number of rotatable bonds is 4. The molecule has 0 aliphatic carbocycles. The van der Waals surface area contributed by atoms with Crippen LogP contribution in [0.4, 0.5) is 0 Å². The van der Waals surface area contributed by atoms with Crippen molar-refractivity contribution in [1.82, 2.24) is 0 Å². The van der Waals surface area contributed by atoms with Gasteiger partial charge in [0.25, 0.3) is 0 Å². The van der Waals surface area contributed by atoms with Gasteiger partial charge < -0.3 is 9.47 Å². The van der Waals surface area contributed by atoms with E-state index in [2.05, 4.69) is 41.5 Å². The standard InChI is InChI=1S/C14H20O2.C13H18O2/c1-10(2)16-13(15)11-6-8-12(9-7-11)14(3,4)5;1-5-15-12(14)10-6-8-11(9-7-10)13(2,3)4/h6-10H,1-5H3;6-9H,5H2,1-4H3. The molecular formula is C27H38O4. The molecule has 4 nitrogen and oxygen atoms in total. The van der Waals surface area contributed by atoms with Crippen LogP contribution >= 0.6 is 0 Å². The van der Waals surface area contributed by atoms with Crippen molar-refractivity contribution < 1.29 is 19.1 Å². The Hall–Kier alpha value is -2.62. The normalized spacial score (nSPS) is 11.4. The van der Waals surface area contributed by atoms with Crippen LogP contribution in [0.3, 0.4) is 0 Å². The molecule has 2 aromatic rings. The van der Waals surface area contributed by atoms with E-state index >= 15 is 0 Å². The molecule has 0 saturated carbocycles. The van der Waals surface area contributed by atoms with E-state index in [-0.39, 0.29) is 28.9 Å². The van der Waals surface area contributed by atoms with Gasteiger partial charge in [0, 0.05) is 0 Å². The van der Waals surface area contributed by atoms with E-state index in [9.17, 15) is 9.59 Å². The van der Waals surface area contributed by atoms with Crippen molar-refractivity contribution in [1.29, 1.82) is 0 Å². The number of carbonyl (C=O) groups excluding carboxylic acids is 2. The van der Waals surface area contributed by atoms with Crippen molar-refractivity contribution in [2.75, 3.05) is 6.61 Å². The first kappa shape index (κ1) is 26.4. The molecule has 0 atom stereocenters. The van der Waals surface area contributed by atoms with Crippen molar-refractivity contribution in [3.8, 4) is 0 Å². The maximum atomic E-state index is 11.6. The highest BCUT2D eigenvalue weighted by atomic mass is 16.5. The summed E-state index contributed by atoms with van der Waals surface area (Å²) in [4.78, 5) is 23.0. The predicted octanol–water partition coefficient (Wildman–Crippen LogP) is 6.71. The van der Waals surface area contributed by atoms with Crippen molar-refractivity contribution in [2.45, 2.75) is 79.2 Å². The molecule has 0 spiro atoms. The summed E-state index contributed by atoms with van der Waals surface area (Å²) in [5.74, 6) is -0.506. The summed E-state index contributed by atoms with van der Waals surface area (Å²) in [6, 6.07) is 15.2. The second-order valence-electron chi connectivity index (χ2n) is 9.83. The number of carbonyl (C=O) groups is 2. The first-order chi connectivity index (χ1) is 14.3. The summed E-state index contributed by atoms with van der Waals surface area (Å²) in [7, 11) is 0. The minimum Gasteiger partial charge on any atom is -0.462 e. The number of benzene rings is 2. The van der Waals surface area contributed by atoms with Gasteiger partial charge in [-0.2, -0.15) is 0 Å². The Balaban J connectivity index is 0.000000311. The van der Waals surface area contributed by atoms with Crippen molar-refractivity contribution in [3.05, 3.63) is 70.8 Å². The number of hydrogen-bond acceptors (Lipinski definition) is 4. The molecule has 0 saturated heterocycles. The minimum absolute atomic E-state index is 0.0743. The quantitative estimate of drug-likeness (QED) is 0.510. The Kier molecular flexibility index (Phi) is 9.48. The Labute approximate surface area is 188 Å². The largest absolute Gasteiger partial charge is 0.462 e. The van der Waals surface area contributed by atoms with Crippen LogP contribution in [0.15, 0.2) is 48.5 Å². The lowest BCUT2D eigenvalue weighted by Crippen LogP contribution is -2.13. The van der Waals surface area contributed by atoms with Gasteiger partial charge in [-0.3, -0.25) is 0 Å². The second kappa shape index (κ2) is 11.1. The fourth-order valence-electron chi connectivity index (χ4n) is 2.71. The van der Waals surface area contributed by atoms with E-state index in [0.29, 0.717) is 17.7 Å². The van der Waals surface area contributed by atoms with E-state index in [4.69, 9.17) is 9.47 Å². The molecule has 2 aromatic carbocycles. The van der Waals surface area contributed by atoms with Gasteiger partial charge in [-0.15, -0.1) is 0 Å². The fourth-order valence-corrected chi connectivity index (χ4v) is 2.71. The average Bonchev–Trinajstić information content (AvgIpc) is 2.67. The van der Waals surface area contributed by atoms with Crippen molar-refractivity contribution in [2.24, 2.45) is 0 Å². The zero-order chi connectivity index (χ0) is 23.8. The first-order valence-corrected chi connectivity index (χ1v) is 10.8. The topological polar surface area (TPSA) is 52.6 Å². The molecule has 0 fully saturated rings. The Morgan fingerprint density at radius 3 is 1.35 bits per heavy atom. The third kappa shape index (κ3) is 8.95. The lowest BCUT2D eigenvalue weighted by molar-refractivity contribution is 0.0377. The monoisotopic (exact) mass is 426 g/mol. The average molecular weight is 427 g/mol. The molecule has 4 heteroatoms. The molecule has 170 valence electrons. The van der Waals surface area contributed by atoms with E-state index in [1.807, 2.05) is 62.4 Å². The smallest absolute Gasteiger partial charge is 0.338 e. The maximum Gasteiger partial charge on any atom is 0.338 e. The predicted molar refractivity (Wildman–Crippen MR) is 127 cm³/mol. The zero-order valence-electron chi connectivity index (χ0n) is 20.5. The molecule has 31 heavy (non-hydrogen) atoms. The van der Waals surface area contributed by atoms with Crippen LogP contribution in [0.5, 0.6) is 0 Å². The van der Waals surface area contributed by atoms with Crippen LogP contribution < -0.4 is 0 Å². The lowest BCUT2D eigenvalue weighted by atomic mass is 9.87. The molecule has 0 unspecified atom stereocenters. The van der Waals surface area contributed by atoms with Gasteiger partial charge in [0.15, 0.2) is 0 Å². The van der Waals surface area contributed by atoms with Crippen molar-refractivity contribution >= 4 is 11.9 Å². The summed E-state index contributed by atoms with van der Waals surface area (Å²) in [5, 5.41) is 0. The second-order valence-corrected chi connectivity index (χ2v) is 9.83. The zero-order valence-corrected chi connectivity index (χ0v) is 20.5. The highest BCUT2D eigenvalue weighted by Crippen LogP contribution is 2.23. The Morgan fingerprint density at radius 1 is 0.710 bits per heavy atom. The van der Waals surface area contributed by atoms with Crippen LogP contribution in [-0.2, 0) is 20.3 Å². The highest BCUT2D eigenvalue weighted by Gasteiger charge is 2.15. The van der Waals surface area contributed by atoms with Gasteiger partial charge >= 0.3 is 11.9 Å². The van der Waals surface area contributed by atoms with Crippen LogP contribution in [0.1, 0.15) is 94.2 Å². The van der Waals surface area contributed by atoms with Gasteiger partial charge in [0.1, 0.15) is 0 Å². The van der Waals surface area contributed by atoms with Crippen molar-refractivity contribution in [3.63, 3.8) is 0 Å². The summed E-state index contributed by atoms with van der Waals surface area (Å²) in [6.45, 7) is 18.8. The summed E-state index contributed by atoms with van der Waals surface area (Å²) >= 11 is 0. The SMILES string of the molecule is CC(C)OC(=O)c1ccc(C(C)(C)C)cc1.CCOC(=O)c1ccc(C(C)(C)C)cc1. The molecule has 0 aromatic heterocycles. The van der Waals surface area contributed by atoms with Crippen LogP contribution in [-0.4, -0.2) is 24.6 Å². The van der Waals surface area contributed by atoms with Crippen LogP contribution in [0.25, 0.3) is 0 Å². The van der Waals surface area contributed by atoms with Gasteiger partial charge in [-0.25, -0.2) is 9.59 Å². The molecular weight excluding hydrogens is 388 g/mol. The summed E-state index contributed by atoms with van der Waals surface area (Å²) in [5.41, 5.74) is 3.89. The molecule has 0 radical (unpaired) electrons. The maximum absolute atomic E-state index is 11.6. The van der Waals surface area contributed by atoms with E-state index in [1.165, 1.54) is 11.1 Å². The molecule has 0 bridgehead atoms. The Morgan fingerprint density at radius 2 is 1.06 bits per heavy atom. The minimum atomic E-state index is -0.254. The number of hydrogen-bond donors (Lipinski definition) is 0. The Bertz CT molecular complexity index is 833. The van der Waals surface area contributed by atoms with Gasteiger partial charge in [-0.1, -0.05) is 65.8 Å². The summed E-state index contributed by atoms with van der Waals surface area (Å²) in [6.07, 6.45) is -0.0743. The third-order valence-electron chi connectivity index (χ3n) is 4.59. The van der Waals surface area contributed by atoms with Gasteiger partial charge in [-0.05, 0) is 67.0 Å². The molecule has 0 amide bonds. The number of ether oxygens (including phenoxy) is 2. The van der Waals surface area contributed by atoms with E-state index in [0.717, 1.165) is 0 Å². The summed E-state index contributed by atoms with van der Waals surface area (Å²) < 4.78 is 10.0. The number of esters is 2. The fraction of sp³-hybridized carbons (Fsp3) is 0.481. The molecule has 0 aliphatic rings. The van der Waals surface area contributed by atoms with Gasteiger partial charge in [0.2, 0.25) is 0 Å². The van der Waals surface area contributed by atoms with Crippen LogP contribution in [0.2, 0.25) is 0 Å². The molecule has 0 aliphatic heterocycles. The third-order valence-corrected chi connectivity index (χ3v) is 4.59. The molecule has 2 rings (SSSR count).